The quantitative estimate of drug-likeness (QED) is 0.646. The number of rotatable bonds is 7. The summed E-state index contributed by atoms with van der Waals surface area (Å²) >= 11 is 3.29. The molecule has 1 heterocycles. The topological polar surface area (TPSA) is 90.0 Å². The van der Waals surface area contributed by atoms with E-state index in [1.54, 1.807) is 10.9 Å². The highest BCUT2D eigenvalue weighted by molar-refractivity contribution is 9.10. The first kappa shape index (κ1) is 19.7. The van der Waals surface area contributed by atoms with Gasteiger partial charge in [-0.3, -0.25) is 4.68 Å². The van der Waals surface area contributed by atoms with Crippen molar-refractivity contribution in [1.82, 2.24) is 9.78 Å². The predicted molar refractivity (Wildman–Crippen MR) is 90.5 cm³/mol. The zero-order valence-corrected chi connectivity index (χ0v) is 15.3. The van der Waals surface area contributed by atoms with Crippen LogP contribution in [0.3, 0.4) is 0 Å². The number of sulfonamides is 1. The fraction of sp³-hybridized carbons (Fsp3) is 0.357. The van der Waals surface area contributed by atoms with Crippen LogP contribution in [0, 0.1) is 0 Å². The molecule has 0 amide bonds. The molecule has 0 radical (unpaired) electrons. The van der Waals surface area contributed by atoms with Crippen LogP contribution in [0.2, 0.25) is 0 Å². The maximum atomic E-state index is 13.0. The van der Waals surface area contributed by atoms with E-state index in [2.05, 4.69) is 26.3 Å². The molecular formula is C14H16BrF3N4O2S. The highest BCUT2D eigenvalue weighted by Crippen LogP contribution is 2.35. The molecule has 25 heavy (non-hydrogen) atoms. The number of hydrogen-bond donors (Lipinski definition) is 2. The Kier molecular flexibility index (Phi) is 6.12. The number of anilines is 1. The van der Waals surface area contributed by atoms with Gasteiger partial charge in [0, 0.05) is 25.0 Å². The van der Waals surface area contributed by atoms with Crippen LogP contribution in [-0.4, -0.2) is 24.7 Å². The van der Waals surface area contributed by atoms with Crippen LogP contribution in [-0.2, 0) is 22.7 Å². The second-order valence-electron chi connectivity index (χ2n) is 5.31. The van der Waals surface area contributed by atoms with Crippen molar-refractivity contribution in [2.45, 2.75) is 30.5 Å². The van der Waals surface area contributed by atoms with Gasteiger partial charge >= 0.3 is 6.18 Å². The Morgan fingerprint density at radius 3 is 2.56 bits per heavy atom. The fourth-order valence-corrected chi connectivity index (χ4v) is 3.27. The minimum atomic E-state index is -4.81. The summed E-state index contributed by atoms with van der Waals surface area (Å²) < 4.78 is 64.3. The standard InChI is InChI=1S/C14H16BrF3N4O2S/c15-10-8-21-22(9-10)6-2-1-5-20-11-3-4-13(25(19,23)24)12(7-11)14(16,17)18/h3-4,7-9,20H,1-2,5-6H2,(H2,19,23,24). The van der Waals surface area contributed by atoms with Crippen LogP contribution in [0.15, 0.2) is 40.0 Å². The monoisotopic (exact) mass is 440 g/mol. The molecule has 2 aromatic rings. The zero-order valence-electron chi connectivity index (χ0n) is 12.9. The summed E-state index contributed by atoms with van der Waals surface area (Å²) in [5.41, 5.74) is -1.09. The summed E-state index contributed by atoms with van der Waals surface area (Å²) in [6.45, 7) is 1.12. The molecule has 138 valence electrons. The van der Waals surface area contributed by atoms with Gasteiger partial charge in [-0.2, -0.15) is 18.3 Å². The number of aromatic nitrogens is 2. The van der Waals surface area contributed by atoms with Gasteiger partial charge < -0.3 is 5.32 Å². The molecule has 1 aromatic carbocycles. The van der Waals surface area contributed by atoms with Crippen LogP contribution in [0.4, 0.5) is 18.9 Å². The normalized spacial score (nSPS) is 12.4. The van der Waals surface area contributed by atoms with Gasteiger partial charge in [0.2, 0.25) is 10.0 Å². The molecule has 3 N–H and O–H groups in total. The molecule has 6 nitrogen and oxygen atoms in total. The molecule has 0 spiro atoms. The third-order valence-corrected chi connectivity index (χ3v) is 4.71. The van der Waals surface area contributed by atoms with Crippen molar-refractivity contribution < 1.29 is 21.6 Å². The summed E-state index contributed by atoms with van der Waals surface area (Å²) in [5, 5.41) is 11.8. The molecule has 0 unspecified atom stereocenters. The molecule has 11 heteroatoms. The van der Waals surface area contributed by atoms with Gasteiger partial charge in [0.1, 0.15) is 0 Å². The number of nitrogens with two attached hydrogens (primary N) is 1. The van der Waals surface area contributed by atoms with E-state index in [1.165, 1.54) is 6.07 Å². The Morgan fingerprint density at radius 2 is 2.00 bits per heavy atom. The molecule has 1 aromatic heterocycles. The molecule has 0 atom stereocenters. The van der Waals surface area contributed by atoms with E-state index in [0.717, 1.165) is 23.0 Å². The van der Waals surface area contributed by atoms with Gasteiger partial charge in [0.25, 0.3) is 0 Å². The van der Waals surface area contributed by atoms with Crippen molar-refractivity contribution in [2.24, 2.45) is 5.14 Å². The van der Waals surface area contributed by atoms with Gasteiger partial charge in [0.05, 0.1) is 21.1 Å². The second-order valence-corrected chi connectivity index (χ2v) is 7.75. The van der Waals surface area contributed by atoms with E-state index in [9.17, 15) is 21.6 Å². The van der Waals surface area contributed by atoms with Crippen molar-refractivity contribution in [1.29, 1.82) is 0 Å². The second kappa shape index (κ2) is 7.75. The minimum absolute atomic E-state index is 0.182. The molecule has 0 bridgehead atoms. The van der Waals surface area contributed by atoms with E-state index >= 15 is 0 Å². The molecule has 0 saturated carbocycles. The minimum Gasteiger partial charge on any atom is -0.385 e. The number of nitrogens with one attached hydrogen (secondary N) is 1. The smallest absolute Gasteiger partial charge is 0.385 e. The number of nitrogens with zero attached hydrogens (tertiary/aromatic N) is 2. The molecule has 0 saturated heterocycles. The first-order valence-corrected chi connectivity index (χ1v) is 9.57. The molecular weight excluding hydrogens is 425 g/mol. The maximum absolute atomic E-state index is 13.0. The Balaban J connectivity index is 1.96. The number of unbranched alkanes of at least 4 members (excludes halogenated alkanes) is 1. The van der Waals surface area contributed by atoms with Crippen molar-refractivity contribution >= 4 is 31.6 Å². The number of benzene rings is 1. The first-order chi connectivity index (χ1) is 11.6. The fourth-order valence-electron chi connectivity index (χ4n) is 2.20. The Bertz CT molecular complexity index is 837. The average molecular weight is 441 g/mol. The summed E-state index contributed by atoms with van der Waals surface area (Å²) in [4.78, 5) is -0.935. The van der Waals surface area contributed by atoms with Crippen LogP contribution in [0.25, 0.3) is 0 Å². The SMILES string of the molecule is NS(=O)(=O)c1ccc(NCCCCn2cc(Br)cn2)cc1C(F)(F)F. The van der Waals surface area contributed by atoms with Crippen molar-refractivity contribution in [3.05, 3.63) is 40.6 Å². The van der Waals surface area contributed by atoms with Gasteiger partial charge in [-0.1, -0.05) is 0 Å². The summed E-state index contributed by atoms with van der Waals surface area (Å²) in [5.74, 6) is 0. The highest BCUT2D eigenvalue weighted by Gasteiger charge is 2.36. The molecule has 0 aliphatic carbocycles. The Labute approximate surface area is 151 Å². The van der Waals surface area contributed by atoms with Gasteiger partial charge in [-0.25, -0.2) is 13.6 Å². The van der Waals surface area contributed by atoms with Gasteiger partial charge in [0.15, 0.2) is 0 Å². The van der Waals surface area contributed by atoms with Crippen molar-refractivity contribution in [2.75, 3.05) is 11.9 Å². The third-order valence-electron chi connectivity index (χ3n) is 3.34. The number of primary sulfonamides is 1. The lowest BCUT2D eigenvalue weighted by Gasteiger charge is -2.14. The van der Waals surface area contributed by atoms with E-state index in [0.29, 0.717) is 19.5 Å². The number of halogens is 4. The van der Waals surface area contributed by atoms with Gasteiger partial charge in [-0.15, -0.1) is 0 Å². The van der Waals surface area contributed by atoms with E-state index in [1.807, 2.05) is 6.20 Å². The van der Waals surface area contributed by atoms with Crippen molar-refractivity contribution in [3.8, 4) is 0 Å². The third kappa shape index (κ3) is 5.72. The van der Waals surface area contributed by atoms with Gasteiger partial charge in [-0.05, 0) is 47.0 Å². The van der Waals surface area contributed by atoms with Crippen LogP contribution in [0.5, 0.6) is 0 Å². The summed E-state index contributed by atoms with van der Waals surface area (Å²) in [7, 11) is -4.45. The number of alkyl halides is 3. The molecule has 0 fully saturated rings. The largest absolute Gasteiger partial charge is 0.417 e. The summed E-state index contributed by atoms with van der Waals surface area (Å²) in [6, 6.07) is 2.88. The van der Waals surface area contributed by atoms with E-state index in [-0.39, 0.29) is 5.69 Å². The lowest BCUT2D eigenvalue weighted by Crippen LogP contribution is -2.19. The first-order valence-electron chi connectivity index (χ1n) is 7.23. The predicted octanol–water partition coefficient (Wildman–Crippen LogP) is 3.20. The lowest BCUT2D eigenvalue weighted by atomic mass is 10.2. The average Bonchev–Trinajstić information content (AvgIpc) is 2.90. The summed E-state index contributed by atoms with van der Waals surface area (Å²) in [6.07, 6.45) is 0.171. The highest BCUT2D eigenvalue weighted by atomic mass is 79.9. The van der Waals surface area contributed by atoms with Crippen LogP contribution < -0.4 is 10.5 Å². The molecule has 0 aliphatic heterocycles. The van der Waals surface area contributed by atoms with E-state index in [4.69, 9.17) is 5.14 Å². The zero-order chi connectivity index (χ0) is 18.7. The van der Waals surface area contributed by atoms with Crippen LogP contribution >= 0.6 is 15.9 Å². The Hall–Kier alpha value is -1.59. The maximum Gasteiger partial charge on any atom is 0.417 e. The van der Waals surface area contributed by atoms with E-state index < -0.39 is 26.7 Å². The Morgan fingerprint density at radius 1 is 1.28 bits per heavy atom. The van der Waals surface area contributed by atoms with Crippen molar-refractivity contribution in [3.63, 3.8) is 0 Å². The number of aryl methyl sites for hydroxylation is 1. The molecule has 2 rings (SSSR count). The van der Waals surface area contributed by atoms with Crippen LogP contribution in [0.1, 0.15) is 18.4 Å². The molecule has 0 aliphatic rings. The number of hydrogen-bond acceptors (Lipinski definition) is 4. The lowest BCUT2D eigenvalue weighted by molar-refractivity contribution is -0.139.